The summed E-state index contributed by atoms with van der Waals surface area (Å²) in [5, 5.41) is 0. The van der Waals surface area contributed by atoms with Gasteiger partial charge in [0.25, 0.3) is 0 Å². The summed E-state index contributed by atoms with van der Waals surface area (Å²) in [6.07, 6.45) is 0. The summed E-state index contributed by atoms with van der Waals surface area (Å²) >= 11 is 6.04. The summed E-state index contributed by atoms with van der Waals surface area (Å²) in [7, 11) is -6.29. The van der Waals surface area contributed by atoms with Crippen molar-refractivity contribution < 1.29 is 26.6 Å². The molecule has 0 aromatic heterocycles. The molecule has 1 aromatic rings. The van der Waals surface area contributed by atoms with Crippen LogP contribution in [-0.2, 0) is 32.4 Å². The van der Waals surface area contributed by atoms with Crippen LogP contribution in [0.5, 0.6) is 0 Å². The van der Waals surface area contributed by atoms with Crippen molar-refractivity contribution in [2.24, 2.45) is 0 Å². The van der Waals surface area contributed by atoms with Gasteiger partial charge >= 0.3 is 17.6 Å². The Hall–Kier alpha value is -0.296. The van der Waals surface area contributed by atoms with Crippen molar-refractivity contribution in [1.29, 1.82) is 0 Å². The summed E-state index contributed by atoms with van der Waals surface area (Å²) < 4.78 is 37.9. The minimum Gasteiger partial charge on any atom is -0.374 e. The molecule has 0 spiro atoms. The van der Waals surface area contributed by atoms with Gasteiger partial charge in [-0.25, -0.2) is 0 Å². The molecule has 0 saturated heterocycles. The molecule has 0 N–H and O–H groups in total. The van der Waals surface area contributed by atoms with Gasteiger partial charge in [0, 0.05) is 51.1 Å². The van der Waals surface area contributed by atoms with Crippen LogP contribution in [0.4, 0.5) is 0 Å². The van der Waals surface area contributed by atoms with Crippen molar-refractivity contribution in [3.05, 3.63) is 35.4 Å². The monoisotopic (exact) mass is 492 g/mol. The standard InChI is InChI=1S/C22H41ClO6Si2/c1-8-24-30(25-9-2,26-10-3)19(7)22(21-16-14-20(18-23)15-17-21)31(27-11-4,28-12-5)29-13-6/h14-17,19,22H,8-13,18H2,1-7H3. The van der Waals surface area contributed by atoms with E-state index in [1.807, 2.05) is 53.7 Å². The van der Waals surface area contributed by atoms with E-state index in [0.29, 0.717) is 45.5 Å². The van der Waals surface area contributed by atoms with Gasteiger partial charge in [-0.05, 0) is 52.7 Å². The third kappa shape index (κ3) is 7.35. The quantitative estimate of drug-likeness (QED) is 0.210. The van der Waals surface area contributed by atoms with Crippen LogP contribution in [0.15, 0.2) is 24.3 Å². The van der Waals surface area contributed by atoms with E-state index in [4.69, 9.17) is 38.2 Å². The molecule has 0 amide bonds. The maximum atomic E-state index is 6.36. The van der Waals surface area contributed by atoms with Crippen LogP contribution in [0, 0.1) is 0 Å². The van der Waals surface area contributed by atoms with Gasteiger partial charge in [0.1, 0.15) is 0 Å². The van der Waals surface area contributed by atoms with Gasteiger partial charge in [0.05, 0.1) is 5.54 Å². The third-order valence-corrected chi connectivity index (χ3v) is 12.8. The largest absolute Gasteiger partial charge is 0.509 e. The fraction of sp³-hybridized carbons (Fsp3) is 0.727. The Morgan fingerprint density at radius 3 is 1.32 bits per heavy atom. The van der Waals surface area contributed by atoms with Crippen LogP contribution in [0.2, 0.25) is 5.54 Å². The van der Waals surface area contributed by atoms with Crippen LogP contribution in [0.3, 0.4) is 0 Å². The number of benzene rings is 1. The molecule has 2 atom stereocenters. The molecule has 6 nitrogen and oxygen atoms in total. The summed E-state index contributed by atoms with van der Waals surface area (Å²) in [4.78, 5) is 0. The number of hydrogen-bond donors (Lipinski definition) is 0. The maximum Gasteiger partial charge on any atom is 0.509 e. The van der Waals surface area contributed by atoms with Crippen molar-refractivity contribution in [3.8, 4) is 0 Å². The van der Waals surface area contributed by atoms with Crippen molar-refractivity contribution >= 4 is 29.2 Å². The zero-order chi connectivity index (χ0) is 23.3. The van der Waals surface area contributed by atoms with Crippen LogP contribution in [0.1, 0.15) is 65.1 Å². The van der Waals surface area contributed by atoms with Crippen LogP contribution >= 0.6 is 11.6 Å². The molecule has 0 saturated carbocycles. The molecule has 180 valence electrons. The first-order chi connectivity index (χ1) is 14.9. The molecule has 1 rings (SSSR count). The topological polar surface area (TPSA) is 55.4 Å². The number of alkyl halides is 1. The minimum atomic E-state index is -3.19. The Balaban J connectivity index is 3.70. The minimum absolute atomic E-state index is 0.148. The highest BCUT2D eigenvalue weighted by Crippen LogP contribution is 2.45. The molecule has 9 heteroatoms. The fourth-order valence-electron chi connectivity index (χ4n) is 3.94. The van der Waals surface area contributed by atoms with Crippen molar-refractivity contribution in [1.82, 2.24) is 0 Å². The van der Waals surface area contributed by atoms with Gasteiger partial charge in [-0.15, -0.1) is 11.6 Å². The van der Waals surface area contributed by atoms with E-state index in [-0.39, 0.29) is 11.1 Å². The number of rotatable bonds is 17. The maximum absolute atomic E-state index is 6.36. The van der Waals surface area contributed by atoms with Gasteiger partial charge in [-0.3, -0.25) is 0 Å². The molecular weight excluding hydrogens is 452 g/mol. The second-order valence-electron chi connectivity index (χ2n) is 6.95. The fourth-order valence-corrected chi connectivity index (χ4v) is 11.4. The Bertz CT molecular complexity index is 570. The molecule has 0 aliphatic rings. The lowest BCUT2D eigenvalue weighted by Gasteiger charge is -2.43. The van der Waals surface area contributed by atoms with E-state index in [1.165, 1.54) is 0 Å². The van der Waals surface area contributed by atoms with Crippen LogP contribution < -0.4 is 0 Å². The lowest BCUT2D eigenvalue weighted by atomic mass is 10.1. The molecule has 2 unspecified atom stereocenters. The summed E-state index contributed by atoms with van der Waals surface area (Å²) in [5.74, 6) is 0.459. The average molecular weight is 493 g/mol. The molecule has 0 aliphatic carbocycles. The highest BCUT2D eigenvalue weighted by Gasteiger charge is 2.61. The van der Waals surface area contributed by atoms with Crippen LogP contribution in [-0.4, -0.2) is 57.3 Å². The molecule has 1 aromatic carbocycles. The molecule has 0 heterocycles. The smallest absolute Gasteiger partial charge is 0.374 e. The first kappa shape index (κ1) is 28.7. The lowest BCUT2D eigenvalue weighted by Crippen LogP contribution is -2.60. The van der Waals surface area contributed by atoms with Gasteiger partial charge < -0.3 is 26.6 Å². The molecule has 0 aliphatic heterocycles. The third-order valence-electron chi connectivity index (χ3n) is 5.00. The van der Waals surface area contributed by atoms with Gasteiger partial charge in [-0.2, -0.15) is 0 Å². The highest BCUT2D eigenvalue weighted by atomic mass is 35.5. The average Bonchev–Trinajstić information content (AvgIpc) is 2.75. The van der Waals surface area contributed by atoms with E-state index in [9.17, 15) is 0 Å². The van der Waals surface area contributed by atoms with E-state index < -0.39 is 17.6 Å². The molecule has 0 fully saturated rings. The van der Waals surface area contributed by atoms with E-state index in [2.05, 4.69) is 19.1 Å². The van der Waals surface area contributed by atoms with E-state index >= 15 is 0 Å². The van der Waals surface area contributed by atoms with Crippen molar-refractivity contribution in [2.45, 2.75) is 65.4 Å². The first-order valence-corrected chi connectivity index (χ1v) is 15.6. The predicted molar refractivity (Wildman–Crippen MR) is 129 cm³/mol. The van der Waals surface area contributed by atoms with Gasteiger partial charge in [0.2, 0.25) is 0 Å². The molecule has 31 heavy (non-hydrogen) atoms. The Morgan fingerprint density at radius 2 is 1.00 bits per heavy atom. The van der Waals surface area contributed by atoms with E-state index in [0.717, 1.165) is 11.1 Å². The number of hydrogen-bond acceptors (Lipinski definition) is 6. The van der Waals surface area contributed by atoms with E-state index in [1.54, 1.807) is 0 Å². The van der Waals surface area contributed by atoms with Gasteiger partial charge in [-0.1, -0.05) is 31.2 Å². The SMILES string of the molecule is CCO[Si](OCC)(OCC)C(C)C(c1ccc(CCl)cc1)[Si](OCC)(OCC)OCC. The first-order valence-electron chi connectivity index (χ1n) is 11.4. The number of halogens is 1. The Morgan fingerprint density at radius 1 is 0.645 bits per heavy atom. The van der Waals surface area contributed by atoms with Crippen LogP contribution in [0.25, 0.3) is 0 Å². The predicted octanol–water partition coefficient (Wildman–Crippen LogP) is 5.54. The Labute approximate surface area is 196 Å². The van der Waals surface area contributed by atoms with Crippen molar-refractivity contribution in [2.75, 3.05) is 39.6 Å². The molecular formula is C22H41ClO6Si2. The highest BCUT2D eigenvalue weighted by molar-refractivity contribution is 6.69. The summed E-state index contributed by atoms with van der Waals surface area (Å²) in [5.41, 5.74) is 1.74. The van der Waals surface area contributed by atoms with Crippen molar-refractivity contribution in [3.63, 3.8) is 0 Å². The normalized spacial score (nSPS) is 14.6. The lowest BCUT2D eigenvalue weighted by molar-refractivity contribution is 0.0404. The second kappa shape index (κ2) is 14.8. The second-order valence-corrected chi connectivity index (χ2v) is 12.9. The molecule has 0 radical (unpaired) electrons. The zero-order valence-corrected chi connectivity index (χ0v) is 23.0. The Kier molecular flexibility index (Phi) is 13.7. The zero-order valence-electron chi connectivity index (χ0n) is 20.2. The molecule has 0 bridgehead atoms. The summed E-state index contributed by atoms with van der Waals surface area (Å²) in [6.45, 7) is 16.9. The summed E-state index contributed by atoms with van der Waals surface area (Å²) in [6, 6.07) is 8.24. The van der Waals surface area contributed by atoms with Gasteiger partial charge in [0.15, 0.2) is 0 Å².